The lowest BCUT2D eigenvalue weighted by molar-refractivity contribution is 0.0950. The summed E-state index contributed by atoms with van der Waals surface area (Å²) < 4.78 is 5.56. The van der Waals surface area contributed by atoms with Crippen LogP contribution in [0.15, 0.2) is 0 Å². The number of benzene rings is 1. The largest absolute Gasteiger partial charge is 0.504 e. The maximum absolute atomic E-state index is 10.2. The van der Waals surface area contributed by atoms with Crippen molar-refractivity contribution in [3.63, 3.8) is 0 Å². The summed E-state index contributed by atoms with van der Waals surface area (Å²) in [5, 5.41) is 40.7. The van der Waals surface area contributed by atoms with Gasteiger partial charge in [-0.1, -0.05) is 27.7 Å². The van der Waals surface area contributed by atoms with Gasteiger partial charge in [-0.3, -0.25) is 0 Å². The molecule has 0 saturated carbocycles. The molecule has 1 rings (SSSR count). The molecule has 21 heavy (non-hydrogen) atoms. The van der Waals surface area contributed by atoms with Gasteiger partial charge in [-0.2, -0.15) is 0 Å². The van der Waals surface area contributed by atoms with Crippen molar-refractivity contribution < 1.29 is 25.2 Å². The second kappa shape index (κ2) is 5.54. The van der Waals surface area contributed by atoms with Gasteiger partial charge in [0.15, 0.2) is 11.5 Å². The fraction of sp³-hybridized carbons (Fsp3) is 0.625. The molecule has 4 N–H and O–H groups in total. The highest BCUT2D eigenvalue weighted by Gasteiger charge is 2.34. The monoisotopic (exact) mass is 298 g/mol. The molecule has 0 heterocycles. The van der Waals surface area contributed by atoms with Crippen LogP contribution in [0, 0.1) is 0 Å². The molecule has 1 aromatic rings. The van der Waals surface area contributed by atoms with Crippen LogP contribution in [0.2, 0.25) is 0 Å². The van der Waals surface area contributed by atoms with Gasteiger partial charge < -0.3 is 25.2 Å². The third-order valence-electron chi connectivity index (χ3n) is 4.14. The minimum atomic E-state index is -0.657. The fourth-order valence-electron chi connectivity index (χ4n) is 1.94. The average molecular weight is 298 g/mol. The third kappa shape index (κ3) is 3.12. The van der Waals surface area contributed by atoms with Gasteiger partial charge in [-0.25, -0.2) is 0 Å². The first kappa shape index (κ1) is 17.3. The molecule has 0 aromatic heterocycles. The van der Waals surface area contributed by atoms with Gasteiger partial charge in [0.2, 0.25) is 17.2 Å². The van der Waals surface area contributed by atoms with Crippen molar-refractivity contribution in [1.29, 1.82) is 0 Å². The Balaban J connectivity index is 3.55. The maximum atomic E-state index is 10.2. The quantitative estimate of drug-likeness (QED) is 0.491. The van der Waals surface area contributed by atoms with Crippen LogP contribution in [-0.2, 0) is 5.41 Å². The first-order valence-electron chi connectivity index (χ1n) is 7.17. The maximum Gasteiger partial charge on any atom is 0.211 e. The Morgan fingerprint density at radius 1 is 0.762 bits per heavy atom. The molecular weight excluding hydrogens is 272 g/mol. The van der Waals surface area contributed by atoms with Gasteiger partial charge in [-0.15, -0.1) is 0 Å². The summed E-state index contributed by atoms with van der Waals surface area (Å²) in [7, 11) is 0. The molecule has 0 saturated heterocycles. The normalized spacial score (nSPS) is 12.5. The molecule has 0 radical (unpaired) electrons. The summed E-state index contributed by atoms with van der Waals surface area (Å²) >= 11 is 0. The van der Waals surface area contributed by atoms with Crippen LogP contribution in [0.4, 0.5) is 0 Å². The zero-order valence-electron chi connectivity index (χ0n) is 13.6. The minimum Gasteiger partial charge on any atom is -0.504 e. The highest BCUT2D eigenvalue weighted by Crippen LogP contribution is 2.56. The van der Waals surface area contributed by atoms with Gasteiger partial charge in [0.1, 0.15) is 5.60 Å². The Kier molecular flexibility index (Phi) is 4.56. The summed E-state index contributed by atoms with van der Waals surface area (Å²) in [5.41, 5.74) is -1.15. The van der Waals surface area contributed by atoms with Crippen molar-refractivity contribution >= 4 is 0 Å². The Morgan fingerprint density at radius 2 is 1.19 bits per heavy atom. The highest BCUT2D eigenvalue weighted by molar-refractivity contribution is 5.69. The van der Waals surface area contributed by atoms with Crippen LogP contribution < -0.4 is 4.74 Å². The van der Waals surface area contributed by atoms with E-state index in [9.17, 15) is 20.4 Å². The van der Waals surface area contributed by atoms with Crippen LogP contribution >= 0.6 is 0 Å². The van der Waals surface area contributed by atoms with E-state index in [0.29, 0.717) is 12.8 Å². The van der Waals surface area contributed by atoms with Gasteiger partial charge in [0.25, 0.3) is 0 Å². The van der Waals surface area contributed by atoms with Crippen LogP contribution in [0.5, 0.6) is 28.7 Å². The lowest BCUT2D eigenvalue weighted by Crippen LogP contribution is -2.27. The molecule has 5 nitrogen and oxygen atoms in total. The number of ether oxygens (including phenoxy) is 1. The third-order valence-corrected chi connectivity index (χ3v) is 4.14. The average Bonchev–Trinajstić information content (AvgIpc) is 2.41. The Bertz CT molecular complexity index is 503. The number of aromatic hydroxyl groups is 4. The van der Waals surface area contributed by atoms with Crippen LogP contribution in [0.3, 0.4) is 0 Å². The van der Waals surface area contributed by atoms with Crippen LogP contribution in [0.1, 0.15) is 59.9 Å². The predicted molar refractivity (Wildman–Crippen MR) is 81.4 cm³/mol. The highest BCUT2D eigenvalue weighted by atomic mass is 16.5. The second-order valence-electron chi connectivity index (χ2n) is 6.55. The van der Waals surface area contributed by atoms with Crippen LogP contribution in [-0.4, -0.2) is 26.0 Å². The molecule has 1 aromatic carbocycles. The molecule has 5 heteroatoms. The number of hydrogen-bond acceptors (Lipinski definition) is 5. The summed E-state index contributed by atoms with van der Waals surface area (Å²) in [6.07, 6.45) is 1.23. The van der Waals surface area contributed by atoms with Gasteiger partial charge in [0.05, 0.1) is 0 Å². The molecule has 0 aliphatic rings. The Labute approximate surface area is 125 Å². The molecule has 0 spiro atoms. The molecule has 0 atom stereocenters. The number of phenols is 4. The predicted octanol–water partition coefficient (Wildman–Crippen LogP) is 3.76. The number of phenolic OH excluding ortho intramolecular Hbond substituents is 4. The zero-order chi connectivity index (χ0) is 16.6. The number of rotatable bonds is 5. The first-order valence-corrected chi connectivity index (χ1v) is 7.17. The fourth-order valence-corrected chi connectivity index (χ4v) is 1.94. The van der Waals surface area contributed by atoms with E-state index >= 15 is 0 Å². The van der Waals surface area contributed by atoms with Crippen molar-refractivity contribution in [2.45, 2.75) is 65.4 Å². The second-order valence-corrected chi connectivity index (χ2v) is 6.55. The molecule has 0 amide bonds. The molecule has 0 bridgehead atoms. The smallest absolute Gasteiger partial charge is 0.211 e. The van der Waals surface area contributed by atoms with Crippen molar-refractivity contribution in [3.8, 4) is 28.7 Å². The number of hydrogen-bond donors (Lipinski definition) is 4. The standard InChI is InChI=1S/C16H26O5/c1-7-15(3,4)9-10(17)12(19)14(13(20)11(9)18)21-16(5,6)8-2/h17-20H,7-8H2,1-6H3. The minimum absolute atomic E-state index is 0.113. The molecule has 0 unspecified atom stereocenters. The molecule has 0 aliphatic carbocycles. The van der Waals surface area contributed by atoms with Crippen molar-refractivity contribution in [2.75, 3.05) is 0 Å². The first-order chi connectivity index (χ1) is 9.48. The molecule has 0 fully saturated rings. The van der Waals surface area contributed by atoms with E-state index in [2.05, 4.69) is 0 Å². The van der Waals surface area contributed by atoms with Gasteiger partial charge in [-0.05, 0) is 32.1 Å². The van der Waals surface area contributed by atoms with E-state index in [1.807, 2.05) is 13.8 Å². The van der Waals surface area contributed by atoms with E-state index in [4.69, 9.17) is 4.74 Å². The van der Waals surface area contributed by atoms with Crippen molar-refractivity contribution in [1.82, 2.24) is 0 Å². The van der Waals surface area contributed by atoms with E-state index in [1.54, 1.807) is 27.7 Å². The lowest BCUT2D eigenvalue weighted by atomic mass is 9.80. The Hall–Kier alpha value is -1.78. The molecule has 120 valence electrons. The zero-order valence-corrected chi connectivity index (χ0v) is 13.6. The summed E-state index contributed by atoms with van der Waals surface area (Å²) in [5.74, 6) is -2.32. The van der Waals surface area contributed by atoms with Gasteiger partial charge >= 0.3 is 0 Å². The molecular formula is C16H26O5. The summed E-state index contributed by atoms with van der Waals surface area (Å²) in [6, 6.07) is 0. The Morgan fingerprint density at radius 3 is 1.52 bits per heavy atom. The van der Waals surface area contributed by atoms with E-state index in [1.165, 1.54) is 0 Å². The van der Waals surface area contributed by atoms with E-state index < -0.39 is 34.0 Å². The van der Waals surface area contributed by atoms with E-state index in [0.717, 1.165) is 0 Å². The molecule has 0 aliphatic heterocycles. The van der Waals surface area contributed by atoms with Crippen LogP contribution in [0.25, 0.3) is 0 Å². The van der Waals surface area contributed by atoms with Crippen molar-refractivity contribution in [3.05, 3.63) is 5.56 Å². The summed E-state index contributed by atoms with van der Waals surface area (Å²) in [4.78, 5) is 0. The van der Waals surface area contributed by atoms with Gasteiger partial charge in [0, 0.05) is 5.56 Å². The lowest BCUT2D eigenvalue weighted by Gasteiger charge is -2.30. The summed E-state index contributed by atoms with van der Waals surface area (Å²) in [6.45, 7) is 10.9. The SMILES string of the molecule is CCC(C)(C)Oc1c(O)c(O)c(C(C)(C)CC)c(O)c1O. The van der Waals surface area contributed by atoms with Crippen molar-refractivity contribution in [2.24, 2.45) is 0 Å². The van der Waals surface area contributed by atoms with E-state index in [-0.39, 0.29) is 11.3 Å². The topological polar surface area (TPSA) is 90.2 Å².